The molecule has 8 heteroatoms. The molecule has 0 bridgehead atoms. The molecule has 2 aromatic rings. The molecule has 0 atom stereocenters. The van der Waals surface area contributed by atoms with Crippen LogP contribution in [0.3, 0.4) is 0 Å². The first-order chi connectivity index (χ1) is 11.7. The summed E-state index contributed by atoms with van der Waals surface area (Å²) in [5.74, 6) is 0. The summed E-state index contributed by atoms with van der Waals surface area (Å²) >= 11 is 0. The summed E-state index contributed by atoms with van der Waals surface area (Å²) in [5.41, 5.74) is 2.52. The Morgan fingerprint density at radius 1 is 0.760 bits per heavy atom. The molecule has 25 heavy (non-hydrogen) atoms. The first kappa shape index (κ1) is 18.2. The van der Waals surface area contributed by atoms with E-state index in [0.29, 0.717) is 17.8 Å². The maximum absolute atomic E-state index is 11.3. The molecule has 2 rings (SSSR count). The van der Waals surface area contributed by atoms with E-state index in [1.807, 2.05) is 0 Å². The molecule has 0 aliphatic carbocycles. The highest BCUT2D eigenvalue weighted by molar-refractivity contribution is 5.65. The van der Waals surface area contributed by atoms with E-state index in [1.54, 1.807) is 62.3 Å². The SMILES string of the molecule is CN(C)c1ccc(Cc2ccc(N(C)C)c([N+](=O)[O-])c2)cc1[N+](=O)[O-]. The molecule has 0 fully saturated rings. The van der Waals surface area contributed by atoms with Crippen molar-refractivity contribution >= 4 is 22.7 Å². The number of nitro groups is 2. The van der Waals surface area contributed by atoms with Crippen molar-refractivity contribution in [3.8, 4) is 0 Å². The van der Waals surface area contributed by atoms with Gasteiger partial charge in [0.1, 0.15) is 11.4 Å². The first-order valence-corrected chi connectivity index (χ1v) is 7.60. The summed E-state index contributed by atoms with van der Waals surface area (Å²) < 4.78 is 0. The Balaban J connectivity index is 2.40. The molecule has 0 aliphatic rings. The van der Waals surface area contributed by atoms with E-state index in [4.69, 9.17) is 0 Å². The topological polar surface area (TPSA) is 92.8 Å². The third-order valence-electron chi connectivity index (χ3n) is 3.84. The summed E-state index contributed by atoms with van der Waals surface area (Å²) in [6.45, 7) is 0. The molecule has 132 valence electrons. The van der Waals surface area contributed by atoms with Crippen LogP contribution in [0.2, 0.25) is 0 Å². The van der Waals surface area contributed by atoms with Gasteiger partial charge in [-0.25, -0.2) is 0 Å². The average Bonchev–Trinajstić information content (AvgIpc) is 2.54. The van der Waals surface area contributed by atoms with E-state index in [2.05, 4.69) is 0 Å². The van der Waals surface area contributed by atoms with Crippen LogP contribution in [-0.2, 0) is 6.42 Å². The Labute approximate surface area is 145 Å². The number of anilines is 2. The molecule has 0 saturated heterocycles. The number of nitro benzene ring substituents is 2. The fourth-order valence-corrected chi connectivity index (χ4v) is 2.64. The second-order valence-corrected chi connectivity index (χ2v) is 6.13. The van der Waals surface area contributed by atoms with Crippen molar-refractivity contribution < 1.29 is 9.85 Å². The molecule has 0 radical (unpaired) electrons. The van der Waals surface area contributed by atoms with Gasteiger partial charge in [0.15, 0.2) is 0 Å². The van der Waals surface area contributed by atoms with Crippen LogP contribution < -0.4 is 9.80 Å². The molecule has 0 unspecified atom stereocenters. The lowest BCUT2D eigenvalue weighted by Crippen LogP contribution is -2.11. The lowest BCUT2D eigenvalue weighted by atomic mass is 10.0. The summed E-state index contributed by atoms with van der Waals surface area (Å²) in [4.78, 5) is 25.1. The van der Waals surface area contributed by atoms with Gasteiger partial charge in [-0.15, -0.1) is 0 Å². The highest BCUT2D eigenvalue weighted by atomic mass is 16.6. The standard InChI is InChI=1S/C17H20N4O4/c1-18(2)14-7-5-12(10-16(14)20(22)23)9-13-6-8-15(19(3)4)17(11-13)21(24)25/h5-8,10-11H,9H2,1-4H3. The van der Waals surface area contributed by atoms with Crippen LogP contribution in [-0.4, -0.2) is 38.0 Å². The van der Waals surface area contributed by atoms with Crippen LogP contribution in [0.1, 0.15) is 11.1 Å². The highest BCUT2D eigenvalue weighted by Gasteiger charge is 2.18. The van der Waals surface area contributed by atoms with E-state index in [-0.39, 0.29) is 11.4 Å². The van der Waals surface area contributed by atoms with Gasteiger partial charge < -0.3 is 9.80 Å². The fourth-order valence-electron chi connectivity index (χ4n) is 2.64. The Hall–Kier alpha value is -3.16. The Morgan fingerprint density at radius 3 is 1.40 bits per heavy atom. The molecule has 0 saturated carbocycles. The number of rotatable bonds is 6. The van der Waals surface area contributed by atoms with Crippen LogP contribution in [0.4, 0.5) is 22.7 Å². The zero-order valence-corrected chi connectivity index (χ0v) is 14.6. The van der Waals surface area contributed by atoms with E-state index in [9.17, 15) is 20.2 Å². The van der Waals surface area contributed by atoms with E-state index in [1.165, 1.54) is 12.1 Å². The third kappa shape index (κ3) is 4.03. The zero-order valence-electron chi connectivity index (χ0n) is 14.6. The van der Waals surface area contributed by atoms with Crippen molar-refractivity contribution in [1.82, 2.24) is 0 Å². The van der Waals surface area contributed by atoms with Crippen molar-refractivity contribution in [2.75, 3.05) is 38.0 Å². The predicted octanol–water partition coefficient (Wildman–Crippen LogP) is 3.23. The summed E-state index contributed by atoms with van der Waals surface area (Å²) in [7, 11) is 6.97. The van der Waals surface area contributed by atoms with Crippen molar-refractivity contribution in [3.05, 3.63) is 67.8 Å². The molecule has 0 spiro atoms. The molecule has 0 aromatic heterocycles. The molecule has 8 nitrogen and oxygen atoms in total. The molecule has 0 amide bonds. The van der Waals surface area contributed by atoms with Crippen LogP contribution in [0.5, 0.6) is 0 Å². The number of nitrogens with zero attached hydrogens (tertiary/aromatic N) is 4. The Kier molecular flexibility index (Phi) is 5.21. The quantitative estimate of drug-likeness (QED) is 0.590. The van der Waals surface area contributed by atoms with Gasteiger partial charge in [0, 0.05) is 40.3 Å². The molecule has 0 N–H and O–H groups in total. The minimum atomic E-state index is -0.420. The third-order valence-corrected chi connectivity index (χ3v) is 3.84. The van der Waals surface area contributed by atoms with E-state index < -0.39 is 9.85 Å². The lowest BCUT2D eigenvalue weighted by Gasteiger charge is -2.15. The summed E-state index contributed by atoms with van der Waals surface area (Å²) in [6.07, 6.45) is 0.378. The van der Waals surface area contributed by atoms with Gasteiger partial charge in [0.05, 0.1) is 9.85 Å². The monoisotopic (exact) mass is 344 g/mol. The van der Waals surface area contributed by atoms with E-state index in [0.717, 1.165) is 11.1 Å². The summed E-state index contributed by atoms with van der Waals surface area (Å²) in [6, 6.07) is 10.0. The maximum atomic E-state index is 11.3. The minimum absolute atomic E-state index is 0.0157. The Bertz CT molecular complexity index is 751. The first-order valence-electron chi connectivity index (χ1n) is 7.60. The van der Waals surface area contributed by atoms with Gasteiger partial charge in [-0.2, -0.15) is 0 Å². The zero-order chi connectivity index (χ0) is 18.7. The lowest BCUT2D eigenvalue weighted by molar-refractivity contribution is -0.384. The van der Waals surface area contributed by atoms with Crippen molar-refractivity contribution in [1.29, 1.82) is 0 Å². The second kappa shape index (κ2) is 7.16. The van der Waals surface area contributed by atoms with Crippen molar-refractivity contribution in [2.24, 2.45) is 0 Å². The normalized spacial score (nSPS) is 10.4. The van der Waals surface area contributed by atoms with Crippen molar-refractivity contribution in [2.45, 2.75) is 6.42 Å². The summed E-state index contributed by atoms with van der Waals surface area (Å²) in [5, 5.41) is 22.6. The second-order valence-electron chi connectivity index (χ2n) is 6.13. The van der Waals surface area contributed by atoms with Crippen LogP contribution in [0.15, 0.2) is 36.4 Å². The van der Waals surface area contributed by atoms with Crippen LogP contribution in [0, 0.1) is 20.2 Å². The molecule has 2 aromatic carbocycles. The van der Waals surface area contributed by atoms with Crippen molar-refractivity contribution in [3.63, 3.8) is 0 Å². The van der Waals surface area contributed by atoms with Gasteiger partial charge in [0.25, 0.3) is 11.4 Å². The minimum Gasteiger partial charge on any atom is -0.372 e. The maximum Gasteiger partial charge on any atom is 0.292 e. The molecule has 0 aliphatic heterocycles. The predicted molar refractivity (Wildman–Crippen MR) is 97.7 cm³/mol. The van der Waals surface area contributed by atoms with Crippen LogP contribution in [0.25, 0.3) is 0 Å². The van der Waals surface area contributed by atoms with Gasteiger partial charge in [-0.05, 0) is 29.7 Å². The smallest absolute Gasteiger partial charge is 0.292 e. The largest absolute Gasteiger partial charge is 0.372 e. The molecular weight excluding hydrogens is 324 g/mol. The molecular formula is C17H20N4O4. The number of hydrogen-bond acceptors (Lipinski definition) is 6. The van der Waals surface area contributed by atoms with Gasteiger partial charge in [0.2, 0.25) is 0 Å². The van der Waals surface area contributed by atoms with Crippen LogP contribution >= 0.6 is 0 Å². The van der Waals surface area contributed by atoms with Gasteiger partial charge in [-0.1, -0.05) is 12.1 Å². The van der Waals surface area contributed by atoms with Gasteiger partial charge in [-0.3, -0.25) is 20.2 Å². The number of hydrogen-bond donors (Lipinski definition) is 0. The fraction of sp³-hybridized carbons (Fsp3) is 0.294. The Morgan fingerprint density at radius 2 is 1.12 bits per heavy atom. The van der Waals surface area contributed by atoms with E-state index >= 15 is 0 Å². The average molecular weight is 344 g/mol. The number of benzene rings is 2. The highest BCUT2D eigenvalue weighted by Crippen LogP contribution is 2.31. The molecule has 0 heterocycles. The van der Waals surface area contributed by atoms with Gasteiger partial charge >= 0.3 is 0 Å².